The minimum atomic E-state index is -0.638. The first-order valence-electron chi connectivity index (χ1n) is 4.19. The first-order chi connectivity index (χ1) is 5.25. The molecule has 0 aromatic rings. The fourth-order valence-corrected chi connectivity index (χ4v) is 1.73. The molecule has 0 amide bonds. The van der Waals surface area contributed by atoms with Crippen LogP contribution in [-0.4, -0.2) is 24.2 Å². The maximum atomic E-state index is 10.7. The van der Waals surface area contributed by atoms with Gasteiger partial charge in [-0.15, -0.1) is 17.0 Å². The number of nitrogens with one attached hydrogen (secondary N) is 1. The first kappa shape index (κ1) is 11.9. The summed E-state index contributed by atoms with van der Waals surface area (Å²) in [4.78, 5) is 10.7. The highest BCUT2D eigenvalue weighted by atomic mass is 79.9. The maximum Gasteiger partial charge on any atom is 0.306 e. The zero-order valence-corrected chi connectivity index (χ0v) is 8.96. The van der Waals surface area contributed by atoms with Gasteiger partial charge in [-0.1, -0.05) is 6.92 Å². The van der Waals surface area contributed by atoms with Gasteiger partial charge in [0.1, 0.15) is 0 Å². The van der Waals surface area contributed by atoms with E-state index in [2.05, 4.69) is 5.32 Å². The monoisotopic (exact) mass is 237 g/mol. The van der Waals surface area contributed by atoms with E-state index in [1.54, 1.807) is 0 Å². The molecule has 1 rings (SSSR count). The lowest BCUT2D eigenvalue weighted by molar-refractivity contribution is -0.143. The van der Waals surface area contributed by atoms with Crippen molar-refractivity contribution in [2.24, 2.45) is 11.8 Å². The highest BCUT2D eigenvalue weighted by Crippen LogP contribution is 2.21. The molecule has 3 nitrogen and oxygen atoms in total. The topological polar surface area (TPSA) is 49.3 Å². The second-order valence-corrected chi connectivity index (χ2v) is 3.11. The molecule has 1 heterocycles. The van der Waals surface area contributed by atoms with Crippen LogP contribution in [0.15, 0.2) is 0 Å². The molecule has 0 saturated carbocycles. The van der Waals surface area contributed by atoms with Crippen molar-refractivity contribution in [2.75, 3.05) is 13.1 Å². The molecular weight excluding hydrogens is 222 g/mol. The van der Waals surface area contributed by atoms with Crippen LogP contribution in [0, 0.1) is 11.8 Å². The number of carbonyl (C=O) groups is 1. The molecule has 0 spiro atoms. The number of carboxylic acids is 1. The van der Waals surface area contributed by atoms with Gasteiger partial charge < -0.3 is 10.4 Å². The van der Waals surface area contributed by atoms with E-state index < -0.39 is 5.97 Å². The molecule has 72 valence electrons. The predicted octanol–water partition coefficient (Wildman–Crippen LogP) is 1.28. The second-order valence-electron chi connectivity index (χ2n) is 3.11. The van der Waals surface area contributed by atoms with Gasteiger partial charge >= 0.3 is 5.97 Å². The van der Waals surface area contributed by atoms with E-state index in [0.717, 1.165) is 25.9 Å². The number of hydrogen-bond acceptors (Lipinski definition) is 2. The molecule has 0 aromatic carbocycles. The van der Waals surface area contributed by atoms with Crippen LogP contribution in [0.5, 0.6) is 0 Å². The Morgan fingerprint density at radius 3 is 2.75 bits per heavy atom. The van der Waals surface area contributed by atoms with Crippen LogP contribution in [0.25, 0.3) is 0 Å². The molecule has 0 radical (unpaired) electrons. The average Bonchev–Trinajstić information content (AvgIpc) is 2.40. The standard InChI is InChI=1S/C8H15NO2.BrH/c1-2-7(8(10)11)6-3-4-9-5-6;/h6-7,9H,2-5H2,1H3,(H,10,11);1H/t6-,7?;/m1./s1. The largest absolute Gasteiger partial charge is 0.481 e. The summed E-state index contributed by atoms with van der Waals surface area (Å²) < 4.78 is 0. The Kier molecular flexibility index (Phi) is 5.50. The van der Waals surface area contributed by atoms with E-state index in [1.165, 1.54) is 0 Å². The smallest absolute Gasteiger partial charge is 0.306 e. The molecule has 1 fully saturated rings. The van der Waals surface area contributed by atoms with E-state index in [0.29, 0.717) is 5.92 Å². The summed E-state index contributed by atoms with van der Waals surface area (Å²) >= 11 is 0. The maximum absolute atomic E-state index is 10.7. The van der Waals surface area contributed by atoms with E-state index in [9.17, 15) is 4.79 Å². The Hall–Kier alpha value is -0.0900. The van der Waals surface area contributed by atoms with Crippen molar-refractivity contribution in [3.8, 4) is 0 Å². The molecule has 4 heteroatoms. The van der Waals surface area contributed by atoms with Gasteiger partial charge in [-0.3, -0.25) is 4.79 Å². The zero-order valence-electron chi connectivity index (χ0n) is 7.25. The van der Waals surface area contributed by atoms with E-state index >= 15 is 0 Å². The molecule has 0 aromatic heterocycles. The van der Waals surface area contributed by atoms with E-state index in [4.69, 9.17) is 5.11 Å². The molecule has 0 bridgehead atoms. The normalized spacial score (nSPS) is 24.6. The Morgan fingerprint density at radius 1 is 1.75 bits per heavy atom. The third-order valence-electron chi connectivity index (χ3n) is 2.42. The molecule has 1 aliphatic heterocycles. The fourth-order valence-electron chi connectivity index (χ4n) is 1.73. The van der Waals surface area contributed by atoms with Crippen LogP contribution in [0.1, 0.15) is 19.8 Å². The highest BCUT2D eigenvalue weighted by Gasteiger charge is 2.28. The zero-order chi connectivity index (χ0) is 8.27. The van der Waals surface area contributed by atoms with Gasteiger partial charge in [-0.25, -0.2) is 0 Å². The van der Waals surface area contributed by atoms with Gasteiger partial charge in [-0.05, 0) is 31.8 Å². The van der Waals surface area contributed by atoms with Crippen LogP contribution < -0.4 is 5.32 Å². The van der Waals surface area contributed by atoms with Crippen LogP contribution in [0.4, 0.5) is 0 Å². The van der Waals surface area contributed by atoms with Crippen molar-refractivity contribution in [3.05, 3.63) is 0 Å². The number of rotatable bonds is 3. The SMILES string of the molecule is Br.CCC(C(=O)O)[C@@H]1CCNC1. The van der Waals surface area contributed by atoms with Gasteiger partial charge in [0.15, 0.2) is 0 Å². The molecule has 2 N–H and O–H groups in total. The van der Waals surface area contributed by atoms with Crippen LogP contribution >= 0.6 is 17.0 Å². The van der Waals surface area contributed by atoms with Crippen LogP contribution in [0.3, 0.4) is 0 Å². The molecule has 0 aliphatic carbocycles. The summed E-state index contributed by atoms with van der Waals surface area (Å²) in [6, 6.07) is 0. The van der Waals surface area contributed by atoms with Gasteiger partial charge in [0.2, 0.25) is 0 Å². The molecule has 2 atom stereocenters. The summed E-state index contributed by atoms with van der Waals surface area (Å²) in [5, 5.41) is 12.0. The minimum Gasteiger partial charge on any atom is -0.481 e. The number of aliphatic carboxylic acids is 1. The average molecular weight is 238 g/mol. The quantitative estimate of drug-likeness (QED) is 0.778. The lowest BCUT2D eigenvalue weighted by atomic mass is 9.89. The summed E-state index contributed by atoms with van der Waals surface area (Å²) in [6.45, 7) is 3.80. The van der Waals surface area contributed by atoms with E-state index in [-0.39, 0.29) is 22.9 Å². The number of hydrogen-bond donors (Lipinski definition) is 2. The summed E-state index contributed by atoms with van der Waals surface area (Å²) in [5.74, 6) is -0.413. The van der Waals surface area contributed by atoms with Gasteiger partial charge in [0, 0.05) is 0 Å². The Bertz CT molecular complexity index is 146. The second kappa shape index (κ2) is 5.54. The molecule has 12 heavy (non-hydrogen) atoms. The Morgan fingerprint density at radius 2 is 2.42 bits per heavy atom. The van der Waals surface area contributed by atoms with E-state index in [1.807, 2.05) is 6.92 Å². The third-order valence-corrected chi connectivity index (χ3v) is 2.42. The van der Waals surface area contributed by atoms with Gasteiger partial charge in [-0.2, -0.15) is 0 Å². The summed E-state index contributed by atoms with van der Waals surface area (Å²) in [7, 11) is 0. The molecule has 1 saturated heterocycles. The lowest BCUT2D eigenvalue weighted by Crippen LogP contribution is -2.24. The van der Waals surface area contributed by atoms with Crippen LogP contribution in [0.2, 0.25) is 0 Å². The third kappa shape index (κ3) is 2.75. The molecular formula is C8H16BrNO2. The van der Waals surface area contributed by atoms with Crippen molar-refractivity contribution in [1.29, 1.82) is 0 Å². The van der Waals surface area contributed by atoms with Gasteiger partial charge in [0.05, 0.1) is 5.92 Å². The van der Waals surface area contributed by atoms with Crippen molar-refractivity contribution in [1.82, 2.24) is 5.32 Å². The van der Waals surface area contributed by atoms with Crippen molar-refractivity contribution >= 4 is 23.0 Å². The lowest BCUT2D eigenvalue weighted by Gasteiger charge is -2.15. The number of carboxylic acid groups (broad SMARTS) is 1. The first-order valence-corrected chi connectivity index (χ1v) is 4.19. The summed E-state index contributed by atoms with van der Waals surface area (Å²) in [6.07, 6.45) is 1.77. The van der Waals surface area contributed by atoms with Gasteiger partial charge in [0.25, 0.3) is 0 Å². The number of halogens is 1. The Labute approximate surface area is 83.3 Å². The summed E-state index contributed by atoms with van der Waals surface area (Å²) in [5.41, 5.74) is 0. The van der Waals surface area contributed by atoms with Crippen molar-refractivity contribution in [2.45, 2.75) is 19.8 Å². The molecule has 1 aliphatic rings. The Balaban J connectivity index is 0.00000121. The molecule has 1 unspecified atom stereocenters. The predicted molar refractivity (Wildman–Crippen MR) is 52.7 cm³/mol. The van der Waals surface area contributed by atoms with Crippen LogP contribution in [-0.2, 0) is 4.79 Å². The van der Waals surface area contributed by atoms with Crippen molar-refractivity contribution < 1.29 is 9.90 Å². The minimum absolute atomic E-state index is 0. The highest BCUT2D eigenvalue weighted by molar-refractivity contribution is 8.93. The van der Waals surface area contributed by atoms with Crippen molar-refractivity contribution in [3.63, 3.8) is 0 Å². The fraction of sp³-hybridized carbons (Fsp3) is 0.875.